The van der Waals surface area contributed by atoms with Gasteiger partial charge < -0.3 is 31.9 Å². The average Bonchev–Trinajstić information content (AvgIpc) is 2.87. The van der Waals surface area contributed by atoms with Crippen molar-refractivity contribution in [2.24, 2.45) is 5.73 Å². The van der Waals surface area contributed by atoms with Gasteiger partial charge >= 0.3 is 0 Å². The van der Waals surface area contributed by atoms with Crippen LogP contribution in [0, 0.1) is 0 Å². The molecule has 1 heterocycles. The van der Waals surface area contributed by atoms with Crippen molar-refractivity contribution in [3.63, 3.8) is 0 Å². The van der Waals surface area contributed by atoms with Crippen molar-refractivity contribution in [2.75, 3.05) is 37.8 Å². The summed E-state index contributed by atoms with van der Waals surface area (Å²) >= 11 is 0. The fourth-order valence-corrected chi connectivity index (χ4v) is 3.55. The second kappa shape index (κ2) is 14.7. The van der Waals surface area contributed by atoms with Crippen LogP contribution in [0.15, 0.2) is 36.4 Å². The number of aromatic nitrogens is 2. The van der Waals surface area contributed by atoms with Gasteiger partial charge in [0.1, 0.15) is 11.9 Å². The third-order valence-corrected chi connectivity index (χ3v) is 5.75. The van der Waals surface area contributed by atoms with Gasteiger partial charge in [-0.1, -0.05) is 25.1 Å². The third-order valence-electron chi connectivity index (χ3n) is 5.75. The van der Waals surface area contributed by atoms with Crippen molar-refractivity contribution in [1.82, 2.24) is 25.5 Å². The highest BCUT2D eigenvalue weighted by Gasteiger charge is 2.21. The summed E-state index contributed by atoms with van der Waals surface area (Å²) in [5.74, 6) is -0.268. The highest BCUT2D eigenvalue weighted by atomic mass is 16.2. The smallest absolute Gasteiger partial charge is 0.271 e. The maximum absolute atomic E-state index is 12.6. The Kier molecular flexibility index (Phi) is 11.7. The lowest BCUT2D eigenvalue weighted by Crippen LogP contribution is -2.45. The van der Waals surface area contributed by atoms with Crippen LogP contribution in [-0.4, -0.2) is 71.9 Å². The van der Waals surface area contributed by atoms with Crippen LogP contribution in [0.25, 0.3) is 0 Å². The maximum atomic E-state index is 12.6. The summed E-state index contributed by atoms with van der Waals surface area (Å²) in [5.41, 5.74) is 7.99. The monoisotopic (exact) mass is 524 g/mol. The zero-order chi connectivity index (χ0) is 28.2. The van der Waals surface area contributed by atoms with E-state index in [1.807, 2.05) is 45.0 Å². The van der Waals surface area contributed by atoms with E-state index in [1.54, 1.807) is 27.1 Å². The number of anilines is 3. The summed E-state index contributed by atoms with van der Waals surface area (Å²) < 4.78 is 0. The summed E-state index contributed by atoms with van der Waals surface area (Å²) in [5, 5.41) is 12.2. The van der Waals surface area contributed by atoms with Gasteiger partial charge in [0.15, 0.2) is 11.5 Å². The number of carbonyl (C=O) groups excluding carboxylic acids is 3. The normalized spacial score (nSPS) is 11.9. The van der Waals surface area contributed by atoms with Crippen molar-refractivity contribution in [3.05, 3.63) is 53.4 Å². The molecule has 0 fully saturated rings. The van der Waals surface area contributed by atoms with E-state index >= 15 is 0 Å². The van der Waals surface area contributed by atoms with E-state index in [-0.39, 0.29) is 29.4 Å². The van der Waals surface area contributed by atoms with E-state index in [9.17, 15) is 14.4 Å². The van der Waals surface area contributed by atoms with Crippen LogP contribution in [0.3, 0.4) is 0 Å². The minimum Gasteiger partial charge on any atom is -0.366 e. The number of likely N-dealkylation sites (N-methyl/N-ethyl adjacent to an activating group) is 2. The first kappa shape index (κ1) is 30.2. The van der Waals surface area contributed by atoms with Crippen molar-refractivity contribution in [2.45, 2.75) is 52.6 Å². The molecule has 3 amide bonds. The van der Waals surface area contributed by atoms with Gasteiger partial charge in [-0.25, -0.2) is 9.97 Å². The van der Waals surface area contributed by atoms with Crippen molar-refractivity contribution in [1.29, 1.82) is 0 Å². The second-order valence-electron chi connectivity index (χ2n) is 9.18. The first-order valence-corrected chi connectivity index (χ1v) is 12.8. The molecule has 2 aromatic rings. The number of hydrogen-bond acceptors (Lipinski definition) is 8. The molecule has 2 rings (SSSR count). The van der Waals surface area contributed by atoms with Crippen molar-refractivity contribution >= 4 is 35.0 Å². The van der Waals surface area contributed by atoms with Crippen LogP contribution < -0.4 is 27.0 Å². The Balaban J connectivity index is 2.07. The molecule has 0 spiro atoms. The number of hydrogen-bond donors (Lipinski definition) is 5. The van der Waals surface area contributed by atoms with Gasteiger partial charge in [0.25, 0.3) is 5.91 Å². The molecule has 38 heavy (non-hydrogen) atoms. The molecule has 1 atom stereocenters. The van der Waals surface area contributed by atoms with E-state index in [0.717, 1.165) is 5.56 Å². The summed E-state index contributed by atoms with van der Waals surface area (Å²) in [6.45, 7) is 8.59. The zero-order valence-electron chi connectivity index (χ0n) is 23.1. The van der Waals surface area contributed by atoms with Crippen LogP contribution in [0.2, 0.25) is 0 Å². The molecular weight excluding hydrogens is 484 g/mol. The number of nitrogens with one attached hydrogen (secondary N) is 4. The molecule has 0 radical (unpaired) electrons. The Morgan fingerprint density at radius 3 is 2.50 bits per heavy atom. The Labute approximate surface area is 224 Å². The number of nitrogens with zero attached hydrogens (tertiary/aromatic N) is 3. The molecule has 6 N–H and O–H groups in total. The Morgan fingerprint density at radius 2 is 1.87 bits per heavy atom. The fraction of sp³-hybridized carbons (Fsp3) is 0.444. The maximum Gasteiger partial charge on any atom is 0.271 e. The number of benzene rings is 1. The molecule has 0 saturated heterocycles. The number of amides is 3. The lowest BCUT2D eigenvalue weighted by molar-refractivity contribution is -0.135. The molecular formula is C27H40N8O3. The van der Waals surface area contributed by atoms with Gasteiger partial charge in [0.2, 0.25) is 11.8 Å². The molecule has 0 aliphatic rings. The quantitative estimate of drug-likeness (QED) is 0.235. The molecule has 0 aliphatic carbocycles. The largest absolute Gasteiger partial charge is 0.366 e. The van der Waals surface area contributed by atoms with Gasteiger partial charge in [-0.15, -0.1) is 0 Å². The average molecular weight is 525 g/mol. The van der Waals surface area contributed by atoms with Crippen LogP contribution in [-0.2, 0) is 22.4 Å². The van der Waals surface area contributed by atoms with Crippen LogP contribution in [0.4, 0.5) is 17.3 Å². The second-order valence-corrected chi connectivity index (χ2v) is 9.18. The van der Waals surface area contributed by atoms with Gasteiger partial charge in [-0.2, -0.15) is 0 Å². The first-order chi connectivity index (χ1) is 18.1. The molecule has 206 valence electrons. The summed E-state index contributed by atoms with van der Waals surface area (Å²) in [6, 6.07) is 7.10. The number of nitrogens with two attached hydrogens (primary N) is 1. The Hall–Kier alpha value is -3.99. The first-order valence-electron chi connectivity index (χ1n) is 12.8. The van der Waals surface area contributed by atoms with Crippen LogP contribution in [0.5, 0.6) is 0 Å². The van der Waals surface area contributed by atoms with Crippen molar-refractivity contribution in [3.8, 4) is 0 Å². The van der Waals surface area contributed by atoms with E-state index in [2.05, 4.69) is 31.2 Å². The molecule has 11 heteroatoms. The topological polar surface area (TPSA) is 154 Å². The fourth-order valence-electron chi connectivity index (χ4n) is 3.55. The highest BCUT2D eigenvalue weighted by Crippen LogP contribution is 2.23. The minimum absolute atomic E-state index is 0.0716. The van der Waals surface area contributed by atoms with Gasteiger partial charge in [0, 0.05) is 37.9 Å². The minimum atomic E-state index is -0.667. The van der Waals surface area contributed by atoms with E-state index in [1.165, 1.54) is 11.0 Å². The van der Waals surface area contributed by atoms with Crippen LogP contribution in [0.1, 0.15) is 49.4 Å². The number of primary amides is 1. The Bertz CT molecular complexity index is 1150. The molecule has 0 aliphatic heterocycles. The molecule has 1 aromatic carbocycles. The SMILES string of the molecule is CCc1nc(C(N)=O)c(Nc2cccc(CCNC(=O)C(C)N(C)C(=O)C=CCNC)c2)nc1NC(C)C. The highest BCUT2D eigenvalue weighted by molar-refractivity contribution is 5.96. The van der Waals surface area contributed by atoms with Crippen LogP contribution >= 0.6 is 0 Å². The number of carbonyl (C=O) groups is 3. The number of aryl methyl sites for hydroxylation is 1. The van der Waals surface area contributed by atoms with Crippen molar-refractivity contribution < 1.29 is 14.4 Å². The predicted octanol–water partition coefficient (Wildman–Crippen LogP) is 1.98. The standard InChI is InChI=1S/C27H40N8O3/c1-7-21-25(31-17(2)3)34-26(23(33-21)24(28)37)32-20-11-8-10-19(16-20)13-15-30-27(38)18(4)35(6)22(36)12-9-14-29-5/h8-12,16-18,29H,7,13-15H2,1-6H3,(H2,28,37)(H,30,38)(H2,31,32,34). The van der Waals surface area contributed by atoms with E-state index in [4.69, 9.17) is 5.73 Å². The predicted molar refractivity (Wildman–Crippen MR) is 150 cm³/mol. The molecule has 1 unspecified atom stereocenters. The van der Waals surface area contributed by atoms with Gasteiger partial charge in [0.05, 0.1) is 5.69 Å². The summed E-state index contributed by atoms with van der Waals surface area (Å²) in [7, 11) is 3.39. The van der Waals surface area contributed by atoms with Gasteiger partial charge in [-0.3, -0.25) is 14.4 Å². The lowest BCUT2D eigenvalue weighted by Gasteiger charge is -2.23. The Morgan fingerprint density at radius 1 is 1.13 bits per heavy atom. The summed E-state index contributed by atoms with van der Waals surface area (Å²) in [6.07, 6.45) is 4.32. The van der Waals surface area contributed by atoms with E-state index < -0.39 is 11.9 Å². The summed E-state index contributed by atoms with van der Waals surface area (Å²) in [4.78, 5) is 47.3. The molecule has 0 bridgehead atoms. The van der Waals surface area contributed by atoms with E-state index in [0.29, 0.717) is 43.1 Å². The molecule has 0 saturated carbocycles. The third kappa shape index (κ3) is 8.84. The molecule has 11 nitrogen and oxygen atoms in total. The lowest BCUT2D eigenvalue weighted by atomic mass is 10.1. The molecule has 1 aromatic heterocycles. The van der Waals surface area contributed by atoms with Gasteiger partial charge in [-0.05, 0) is 58.4 Å². The zero-order valence-corrected chi connectivity index (χ0v) is 23.1. The number of rotatable bonds is 14.